The van der Waals surface area contributed by atoms with Gasteiger partial charge in [-0.15, -0.1) is 0 Å². The minimum atomic E-state index is -0.462. The monoisotopic (exact) mass is 265 g/mol. The Balaban J connectivity index is 1.75. The first kappa shape index (κ1) is 11.7. The van der Waals surface area contributed by atoms with Crippen molar-refractivity contribution in [1.29, 1.82) is 0 Å². The quantitative estimate of drug-likeness (QED) is 0.861. The van der Waals surface area contributed by atoms with E-state index in [-0.39, 0.29) is 6.04 Å². The Hall–Kier alpha value is -2.13. The SMILES string of the molecule is O[C@@H]1Cc2ccccc2[C@H]1N=C1OCc2ccccc21. The maximum absolute atomic E-state index is 10.3. The second-order valence-electron chi connectivity index (χ2n) is 5.30. The second kappa shape index (κ2) is 4.46. The zero-order chi connectivity index (χ0) is 13.5. The van der Waals surface area contributed by atoms with E-state index in [1.807, 2.05) is 36.4 Å². The van der Waals surface area contributed by atoms with E-state index in [1.165, 1.54) is 5.56 Å². The van der Waals surface area contributed by atoms with Crippen molar-refractivity contribution in [2.45, 2.75) is 25.2 Å². The average Bonchev–Trinajstić information content (AvgIpc) is 3.02. The third-order valence-corrected chi connectivity index (χ3v) is 4.04. The molecule has 0 aromatic heterocycles. The summed E-state index contributed by atoms with van der Waals surface area (Å²) < 4.78 is 5.69. The number of hydrogen-bond donors (Lipinski definition) is 1. The minimum Gasteiger partial charge on any atom is -0.473 e. The van der Waals surface area contributed by atoms with Crippen LogP contribution in [0.2, 0.25) is 0 Å². The molecular formula is C17H15NO2. The van der Waals surface area contributed by atoms with Crippen molar-refractivity contribution < 1.29 is 9.84 Å². The molecule has 3 heteroatoms. The molecule has 0 bridgehead atoms. The summed E-state index contributed by atoms with van der Waals surface area (Å²) in [5, 5.41) is 10.3. The van der Waals surface area contributed by atoms with Crippen LogP contribution in [-0.2, 0) is 17.8 Å². The van der Waals surface area contributed by atoms with E-state index < -0.39 is 6.10 Å². The normalized spacial score (nSPS) is 25.4. The van der Waals surface area contributed by atoms with Crippen molar-refractivity contribution in [1.82, 2.24) is 0 Å². The van der Waals surface area contributed by atoms with Gasteiger partial charge in [0.25, 0.3) is 0 Å². The van der Waals surface area contributed by atoms with Gasteiger partial charge < -0.3 is 9.84 Å². The van der Waals surface area contributed by atoms with Crippen LogP contribution in [0.1, 0.15) is 28.3 Å². The maximum Gasteiger partial charge on any atom is 0.217 e. The summed E-state index contributed by atoms with van der Waals surface area (Å²) in [6, 6.07) is 15.9. The predicted octanol–water partition coefficient (Wildman–Crippen LogP) is 2.62. The van der Waals surface area contributed by atoms with Crippen molar-refractivity contribution >= 4 is 5.90 Å². The highest BCUT2D eigenvalue weighted by atomic mass is 16.5. The summed E-state index contributed by atoms with van der Waals surface area (Å²) >= 11 is 0. The fourth-order valence-corrected chi connectivity index (χ4v) is 3.02. The van der Waals surface area contributed by atoms with E-state index in [0.717, 1.165) is 16.7 Å². The van der Waals surface area contributed by atoms with E-state index in [0.29, 0.717) is 18.9 Å². The summed E-state index contributed by atoms with van der Waals surface area (Å²) in [7, 11) is 0. The van der Waals surface area contributed by atoms with E-state index in [1.54, 1.807) is 0 Å². The molecule has 3 nitrogen and oxygen atoms in total. The zero-order valence-corrected chi connectivity index (χ0v) is 11.0. The van der Waals surface area contributed by atoms with Crippen LogP contribution in [0.15, 0.2) is 53.5 Å². The van der Waals surface area contributed by atoms with Crippen molar-refractivity contribution in [3.8, 4) is 0 Å². The highest BCUT2D eigenvalue weighted by Gasteiger charge is 2.32. The largest absolute Gasteiger partial charge is 0.473 e. The van der Waals surface area contributed by atoms with Crippen LogP contribution >= 0.6 is 0 Å². The van der Waals surface area contributed by atoms with Crippen molar-refractivity contribution in [2.24, 2.45) is 4.99 Å². The number of hydrogen-bond acceptors (Lipinski definition) is 3. The molecule has 100 valence electrons. The number of ether oxygens (including phenoxy) is 1. The molecule has 20 heavy (non-hydrogen) atoms. The van der Waals surface area contributed by atoms with Gasteiger partial charge in [-0.25, -0.2) is 4.99 Å². The lowest BCUT2D eigenvalue weighted by Gasteiger charge is -2.12. The van der Waals surface area contributed by atoms with Crippen LogP contribution in [0, 0.1) is 0 Å². The lowest BCUT2D eigenvalue weighted by Crippen LogP contribution is -2.13. The molecule has 1 N–H and O–H groups in total. The Kier molecular flexibility index (Phi) is 2.60. The molecule has 2 atom stereocenters. The molecule has 0 saturated carbocycles. The highest BCUT2D eigenvalue weighted by Crippen LogP contribution is 2.35. The van der Waals surface area contributed by atoms with Gasteiger partial charge in [0, 0.05) is 17.5 Å². The molecule has 2 aliphatic rings. The molecule has 0 spiro atoms. The zero-order valence-electron chi connectivity index (χ0n) is 11.0. The summed E-state index contributed by atoms with van der Waals surface area (Å²) in [5.74, 6) is 0.654. The average molecular weight is 265 g/mol. The van der Waals surface area contributed by atoms with Gasteiger partial charge in [-0.2, -0.15) is 0 Å². The molecule has 2 aromatic carbocycles. The first-order valence-electron chi connectivity index (χ1n) is 6.87. The summed E-state index contributed by atoms with van der Waals surface area (Å²) in [6.45, 7) is 0.569. The van der Waals surface area contributed by atoms with Crippen LogP contribution in [0.4, 0.5) is 0 Å². The number of rotatable bonds is 1. The van der Waals surface area contributed by atoms with Gasteiger partial charge in [0.05, 0.1) is 6.10 Å². The molecule has 0 fully saturated rings. The highest BCUT2D eigenvalue weighted by molar-refractivity contribution is 5.97. The van der Waals surface area contributed by atoms with Gasteiger partial charge in [0.15, 0.2) is 0 Å². The second-order valence-corrected chi connectivity index (χ2v) is 5.30. The molecule has 1 aliphatic heterocycles. The summed E-state index contributed by atoms with van der Waals surface area (Å²) in [4.78, 5) is 4.68. The minimum absolute atomic E-state index is 0.215. The summed E-state index contributed by atoms with van der Waals surface area (Å²) in [6.07, 6.45) is 0.204. The van der Waals surface area contributed by atoms with Gasteiger partial charge in [-0.3, -0.25) is 0 Å². The van der Waals surface area contributed by atoms with Crippen molar-refractivity contribution in [3.63, 3.8) is 0 Å². The van der Waals surface area contributed by atoms with Crippen LogP contribution in [0.25, 0.3) is 0 Å². The van der Waals surface area contributed by atoms with Crippen LogP contribution in [0.5, 0.6) is 0 Å². The van der Waals surface area contributed by atoms with Crippen LogP contribution in [0.3, 0.4) is 0 Å². The van der Waals surface area contributed by atoms with E-state index >= 15 is 0 Å². The molecule has 1 aliphatic carbocycles. The Morgan fingerprint density at radius 3 is 2.65 bits per heavy atom. The maximum atomic E-state index is 10.3. The number of aliphatic hydroxyl groups is 1. The van der Waals surface area contributed by atoms with Gasteiger partial charge in [-0.05, 0) is 17.2 Å². The van der Waals surface area contributed by atoms with Crippen molar-refractivity contribution in [3.05, 3.63) is 70.8 Å². The number of fused-ring (bicyclic) bond motifs is 2. The smallest absolute Gasteiger partial charge is 0.217 e. The van der Waals surface area contributed by atoms with Crippen molar-refractivity contribution in [2.75, 3.05) is 0 Å². The van der Waals surface area contributed by atoms with E-state index in [9.17, 15) is 5.11 Å². The molecule has 0 unspecified atom stereocenters. The molecule has 0 amide bonds. The van der Waals surface area contributed by atoms with E-state index in [4.69, 9.17) is 4.74 Å². The summed E-state index contributed by atoms with van der Waals surface area (Å²) in [5.41, 5.74) is 4.50. The Bertz CT molecular complexity index is 693. The third kappa shape index (κ3) is 1.74. The number of aliphatic imine (C=N–C) groups is 1. The number of benzene rings is 2. The lowest BCUT2D eigenvalue weighted by molar-refractivity contribution is 0.157. The Morgan fingerprint density at radius 1 is 1.00 bits per heavy atom. The van der Waals surface area contributed by atoms with Gasteiger partial charge in [-0.1, -0.05) is 42.5 Å². The lowest BCUT2D eigenvalue weighted by atomic mass is 10.1. The first-order valence-corrected chi connectivity index (χ1v) is 6.87. The predicted molar refractivity (Wildman–Crippen MR) is 76.7 cm³/mol. The number of aliphatic hydroxyl groups excluding tert-OH is 1. The van der Waals surface area contributed by atoms with Gasteiger partial charge in [0.1, 0.15) is 12.6 Å². The standard InChI is InChI=1S/C17H15NO2/c19-15-9-11-5-1-3-7-13(11)16(15)18-17-14-8-4-2-6-12(14)10-20-17/h1-8,15-16,19H,9-10H2/t15-,16-/m1/s1. The fourth-order valence-electron chi connectivity index (χ4n) is 3.02. The molecule has 0 radical (unpaired) electrons. The molecule has 4 rings (SSSR count). The molecule has 0 saturated heterocycles. The number of nitrogens with zero attached hydrogens (tertiary/aromatic N) is 1. The molecule has 1 heterocycles. The Morgan fingerprint density at radius 2 is 1.75 bits per heavy atom. The Labute approximate surface area is 117 Å². The third-order valence-electron chi connectivity index (χ3n) is 4.04. The molecule has 2 aromatic rings. The van der Waals surface area contributed by atoms with Crippen LogP contribution in [-0.4, -0.2) is 17.1 Å². The topological polar surface area (TPSA) is 41.8 Å². The van der Waals surface area contributed by atoms with Gasteiger partial charge >= 0.3 is 0 Å². The van der Waals surface area contributed by atoms with Crippen LogP contribution < -0.4 is 0 Å². The first-order chi connectivity index (χ1) is 9.83. The fraction of sp³-hybridized carbons (Fsp3) is 0.235. The van der Waals surface area contributed by atoms with Gasteiger partial charge in [0.2, 0.25) is 5.90 Å². The molecular weight excluding hydrogens is 250 g/mol. The van der Waals surface area contributed by atoms with E-state index in [2.05, 4.69) is 17.1 Å².